The molecule has 2 saturated heterocycles. The van der Waals surface area contributed by atoms with E-state index in [4.69, 9.17) is 4.74 Å². The van der Waals surface area contributed by atoms with Crippen molar-refractivity contribution in [1.82, 2.24) is 15.5 Å². The Kier molecular flexibility index (Phi) is 9.90. The van der Waals surface area contributed by atoms with Crippen molar-refractivity contribution >= 4 is 30.7 Å². The number of hydrogen-bond acceptors (Lipinski definition) is 4. The molecule has 7 heteroatoms. The molecule has 3 aliphatic rings. The van der Waals surface area contributed by atoms with Crippen LogP contribution in [0.15, 0.2) is 0 Å². The van der Waals surface area contributed by atoms with E-state index in [0.29, 0.717) is 12.3 Å². The van der Waals surface area contributed by atoms with Gasteiger partial charge in [-0.3, -0.25) is 9.69 Å². The van der Waals surface area contributed by atoms with E-state index in [2.05, 4.69) is 15.5 Å². The molecule has 1 atom stereocenters. The van der Waals surface area contributed by atoms with Crippen LogP contribution < -0.4 is 10.6 Å². The summed E-state index contributed by atoms with van der Waals surface area (Å²) in [5.74, 6) is 0.861. The van der Waals surface area contributed by atoms with Gasteiger partial charge >= 0.3 is 0 Å². The number of piperidine rings is 1. The lowest BCUT2D eigenvalue weighted by Crippen LogP contribution is -2.54. The number of halogens is 2. The highest BCUT2D eigenvalue weighted by Crippen LogP contribution is 2.38. The van der Waals surface area contributed by atoms with Crippen LogP contribution in [0.2, 0.25) is 0 Å². The van der Waals surface area contributed by atoms with E-state index in [9.17, 15) is 4.79 Å². The minimum Gasteiger partial charge on any atom is -0.379 e. The Hall–Kier alpha value is -0.0700. The topological polar surface area (TPSA) is 53.6 Å². The van der Waals surface area contributed by atoms with Crippen LogP contribution in [0.4, 0.5) is 0 Å². The van der Waals surface area contributed by atoms with Crippen molar-refractivity contribution in [3.8, 4) is 0 Å². The molecule has 0 aromatic carbocycles. The van der Waals surface area contributed by atoms with Crippen molar-refractivity contribution in [2.24, 2.45) is 5.92 Å². The Morgan fingerprint density at radius 3 is 2.50 bits per heavy atom. The molecule has 142 valence electrons. The fourth-order valence-corrected chi connectivity index (χ4v) is 4.39. The maximum absolute atomic E-state index is 12.5. The largest absolute Gasteiger partial charge is 0.379 e. The van der Waals surface area contributed by atoms with Gasteiger partial charge in [0.15, 0.2) is 0 Å². The van der Waals surface area contributed by atoms with E-state index in [1.165, 1.54) is 38.5 Å². The first kappa shape index (κ1) is 22.0. The normalized spacial score (nSPS) is 26.9. The fourth-order valence-electron chi connectivity index (χ4n) is 4.39. The number of amides is 1. The van der Waals surface area contributed by atoms with Gasteiger partial charge in [0.25, 0.3) is 0 Å². The lowest BCUT2D eigenvalue weighted by molar-refractivity contribution is -0.125. The maximum Gasteiger partial charge on any atom is 0.221 e. The van der Waals surface area contributed by atoms with Gasteiger partial charge in [0.2, 0.25) is 5.91 Å². The van der Waals surface area contributed by atoms with Crippen LogP contribution in [0.5, 0.6) is 0 Å². The highest BCUT2D eigenvalue weighted by atomic mass is 35.5. The molecule has 5 nitrogen and oxygen atoms in total. The van der Waals surface area contributed by atoms with E-state index in [1.807, 2.05) is 0 Å². The molecule has 0 aromatic heterocycles. The summed E-state index contributed by atoms with van der Waals surface area (Å²) in [6.07, 6.45) is 8.01. The van der Waals surface area contributed by atoms with Crippen molar-refractivity contribution in [3.05, 3.63) is 0 Å². The molecule has 0 aromatic rings. The molecule has 3 fully saturated rings. The summed E-state index contributed by atoms with van der Waals surface area (Å²) in [6.45, 7) is 6.62. The third kappa shape index (κ3) is 5.73. The molecular weight excluding hydrogens is 349 g/mol. The van der Waals surface area contributed by atoms with Gasteiger partial charge in [-0.05, 0) is 44.7 Å². The number of carbonyl (C=O) groups excluding carboxylic acids is 1. The highest BCUT2D eigenvalue weighted by Gasteiger charge is 2.41. The number of morpholine rings is 1. The number of nitrogens with zero attached hydrogens (tertiary/aromatic N) is 1. The van der Waals surface area contributed by atoms with E-state index < -0.39 is 0 Å². The standard InChI is InChI=1S/C17H31N3O2.2ClH/c21-16(19-14-15-4-3-7-18-13-15)12-17(5-1-2-6-17)20-8-10-22-11-9-20;;/h15,18H,1-14H2,(H,19,21);2*1H. The van der Waals surface area contributed by atoms with Crippen molar-refractivity contribution < 1.29 is 9.53 Å². The molecule has 24 heavy (non-hydrogen) atoms. The zero-order valence-electron chi connectivity index (χ0n) is 14.6. The van der Waals surface area contributed by atoms with Gasteiger partial charge < -0.3 is 15.4 Å². The van der Waals surface area contributed by atoms with Gasteiger partial charge in [0, 0.05) is 31.6 Å². The fraction of sp³-hybridized carbons (Fsp3) is 0.941. The highest BCUT2D eigenvalue weighted by molar-refractivity contribution is 5.85. The van der Waals surface area contributed by atoms with Gasteiger partial charge in [-0.1, -0.05) is 12.8 Å². The van der Waals surface area contributed by atoms with Crippen molar-refractivity contribution in [3.63, 3.8) is 0 Å². The summed E-state index contributed by atoms with van der Waals surface area (Å²) >= 11 is 0. The molecule has 2 heterocycles. The van der Waals surface area contributed by atoms with Gasteiger partial charge in [0.1, 0.15) is 0 Å². The zero-order valence-corrected chi connectivity index (χ0v) is 16.2. The lowest BCUT2D eigenvalue weighted by Gasteiger charge is -2.43. The average Bonchev–Trinajstić information content (AvgIpc) is 3.04. The third-order valence-electron chi connectivity index (χ3n) is 5.69. The quantitative estimate of drug-likeness (QED) is 0.764. The molecule has 1 aliphatic carbocycles. The maximum atomic E-state index is 12.5. The summed E-state index contributed by atoms with van der Waals surface area (Å²) in [7, 11) is 0. The second-order valence-corrected chi connectivity index (χ2v) is 7.22. The first-order valence-corrected chi connectivity index (χ1v) is 9.09. The molecule has 0 spiro atoms. The van der Waals surface area contributed by atoms with Crippen molar-refractivity contribution in [2.45, 2.75) is 50.5 Å². The predicted octanol–water partition coefficient (Wildman–Crippen LogP) is 1.98. The van der Waals surface area contributed by atoms with Crippen LogP contribution in [0, 0.1) is 5.92 Å². The minimum absolute atomic E-state index is 0. The van der Waals surface area contributed by atoms with Crippen LogP contribution in [0.3, 0.4) is 0 Å². The number of rotatable bonds is 5. The Morgan fingerprint density at radius 2 is 1.88 bits per heavy atom. The van der Waals surface area contributed by atoms with E-state index in [0.717, 1.165) is 45.9 Å². The summed E-state index contributed by atoms with van der Waals surface area (Å²) in [5, 5.41) is 6.62. The van der Waals surface area contributed by atoms with E-state index >= 15 is 0 Å². The Bertz CT molecular complexity index is 367. The molecule has 1 unspecified atom stereocenters. The smallest absolute Gasteiger partial charge is 0.221 e. The lowest BCUT2D eigenvalue weighted by atomic mass is 9.89. The van der Waals surface area contributed by atoms with Crippen LogP contribution >= 0.6 is 24.8 Å². The van der Waals surface area contributed by atoms with Gasteiger partial charge in [-0.15, -0.1) is 24.8 Å². The first-order chi connectivity index (χ1) is 10.8. The monoisotopic (exact) mass is 381 g/mol. The number of carbonyl (C=O) groups is 1. The Balaban J connectivity index is 0.00000144. The summed E-state index contributed by atoms with van der Waals surface area (Å²) in [4.78, 5) is 15.0. The van der Waals surface area contributed by atoms with Crippen LogP contribution in [0.25, 0.3) is 0 Å². The Labute approximate surface area is 158 Å². The zero-order chi connectivity index (χ0) is 15.3. The SMILES string of the molecule is Cl.Cl.O=C(CC1(N2CCOCC2)CCCC1)NCC1CCCNC1. The van der Waals surface area contributed by atoms with Crippen LogP contribution in [0.1, 0.15) is 44.9 Å². The molecular formula is C17H33Cl2N3O2. The molecule has 0 bridgehead atoms. The molecule has 3 rings (SSSR count). The van der Waals surface area contributed by atoms with E-state index in [1.54, 1.807) is 0 Å². The molecule has 1 saturated carbocycles. The first-order valence-electron chi connectivity index (χ1n) is 9.09. The van der Waals surface area contributed by atoms with Gasteiger partial charge in [-0.2, -0.15) is 0 Å². The third-order valence-corrected chi connectivity index (χ3v) is 5.69. The molecule has 2 N–H and O–H groups in total. The summed E-state index contributed by atoms with van der Waals surface area (Å²) in [6, 6.07) is 0. The summed E-state index contributed by atoms with van der Waals surface area (Å²) < 4.78 is 5.49. The minimum atomic E-state index is 0. The molecule has 2 aliphatic heterocycles. The second-order valence-electron chi connectivity index (χ2n) is 7.22. The Morgan fingerprint density at radius 1 is 1.17 bits per heavy atom. The predicted molar refractivity (Wildman–Crippen MR) is 101 cm³/mol. The molecule has 1 amide bonds. The van der Waals surface area contributed by atoms with E-state index in [-0.39, 0.29) is 36.3 Å². The van der Waals surface area contributed by atoms with Gasteiger partial charge in [-0.25, -0.2) is 0 Å². The van der Waals surface area contributed by atoms with Crippen molar-refractivity contribution in [1.29, 1.82) is 0 Å². The number of ether oxygens (including phenoxy) is 1. The van der Waals surface area contributed by atoms with Gasteiger partial charge in [0.05, 0.1) is 13.2 Å². The van der Waals surface area contributed by atoms with Crippen LogP contribution in [-0.4, -0.2) is 62.3 Å². The number of hydrogen-bond donors (Lipinski definition) is 2. The van der Waals surface area contributed by atoms with Crippen LogP contribution in [-0.2, 0) is 9.53 Å². The summed E-state index contributed by atoms with van der Waals surface area (Å²) in [5.41, 5.74) is 0.110. The van der Waals surface area contributed by atoms with Crippen molar-refractivity contribution in [2.75, 3.05) is 45.9 Å². The number of nitrogens with one attached hydrogen (secondary N) is 2. The molecule has 0 radical (unpaired) electrons. The second kappa shape index (κ2) is 10.8. The average molecular weight is 382 g/mol.